The molecule has 1 fully saturated rings. The molecule has 1 heterocycles. The molecule has 6 heteroatoms. The Labute approximate surface area is 96.9 Å². The van der Waals surface area contributed by atoms with Crippen molar-refractivity contribution in [3.8, 4) is 0 Å². The molecule has 0 saturated carbocycles. The maximum atomic E-state index is 11.7. The number of carbonyl (C=O) groups is 1. The van der Waals surface area contributed by atoms with Gasteiger partial charge in [0.25, 0.3) is 0 Å². The first kappa shape index (κ1) is 13.4. The minimum Gasteiger partial charge on any atom is -0.341 e. The van der Waals surface area contributed by atoms with E-state index in [4.69, 9.17) is 5.73 Å². The van der Waals surface area contributed by atoms with Gasteiger partial charge in [0, 0.05) is 19.3 Å². The fourth-order valence-electron chi connectivity index (χ4n) is 2.00. The second-order valence-corrected chi connectivity index (χ2v) is 6.81. The van der Waals surface area contributed by atoms with Crippen LogP contribution in [-0.2, 0) is 14.6 Å². The molecule has 0 radical (unpaired) electrons. The Hall–Kier alpha value is -0.620. The van der Waals surface area contributed by atoms with Gasteiger partial charge in [-0.1, -0.05) is 6.92 Å². The van der Waals surface area contributed by atoms with Crippen molar-refractivity contribution < 1.29 is 13.2 Å². The molecule has 94 valence electrons. The first-order chi connectivity index (χ1) is 7.33. The average Bonchev–Trinajstić information content (AvgIpc) is 2.15. The van der Waals surface area contributed by atoms with Crippen molar-refractivity contribution in [1.29, 1.82) is 0 Å². The molecule has 1 saturated heterocycles. The van der Waals surface area contributed by atoms with Gasteiger partial charge < -0.3 is 10.6 Å². The Kier molecular flexibility index (Phi) is 4.32. The molecule has 1 aliphatic heterocycles. The molecule has 1 aliphatic rings. The molecule has 0 aromatic rings. The van der Waals surface area contributed by atoms with Crippen molar-refractivity contribution in [2.45, 2.75) is 13.3 Å². The van der Waals surface area contributed by atoms with E-state index < -0.39 is 15.6 Å². The fraction of sp³-hybridized carbons (Fsp3) is 0.900. The summed E-state index contributed by atoms with van der Waals surface area (Å²) in [6.07, 6.45) is 1.98. The number of hydrogen-bond donors (Lipinski definition) is 1. The van der Waals surface area contributed by atoms with Crippen LogP contribution in [0.15, 0.2) is 0 Å². The molecule has 1 rings (SSSR count). The Balaban J connectivity index is 2.59. The van der Waals surface area contributed by atoms with Crippen LogP contribution < -0.4 is 5.73 Å². The van der Waals surface area contributed by atoms with Crippen LogP contribution in [-0.4, -0.2) is 50.9 Å². The molecule has 0 aliphatic carbocycles. The van der Waals surface area contributed by atoms with E-state index in [0.717, 1.165) is 12.7 Å². The van der Waals surface area contributed by atoms with Crippen molar-refractivity contribution in [3.63, 3.8) is 0 Å². The van der Waals surface area contributed by atoms with E-state index >= 15 is 0 Å². The van der Waals surface area contributed by atoms with Gasteiger partial charge in [0.2, 0.25) is 5.91 Å². The predicted molar refractivity (Wildman–Crippen MR) is 62.6 cm³/mol. The van der Waals surface area contributed by atoms with E-state index in [-0.39, 0.29) is 11.8 Å². The van der Waals surface area contributed by atoms with E-state index in [0.29, 0.717) is 25.6 Å². The molecule has 2 atom stereocenters. The van der Waals surface area contributed by atoms with Gasteiger partial charge in [-0.25, -0.2) is 8.42 Å². The lowest BCUT2D eigenvalue weighted by Crippen LogP contribution is -2.47. The molecule has 1 amide bonds. The zero-order valence-corrected chi connectivity index (χ0v) is 10.7. The number of sulfone groups is 1. The minimum absolute atomic E-state index is 0.289. The molecule has 2 unspecified atom stereocenters. The van der Waals surface area contributed by atoms with Crippen molar-refractivity contribution in [1.82, 2.24) is 4.90 Å². The summed E-state index contributed by atoms with van der Waals surface area (Å²) in [5.74, 6) is 0.107. The summed E-state index contributed by atoms with van der Waals surface area (Å²) in [5.41, 5.74) is 5.63. The van der Waals surface area contributed by atoms with Crippen LogP contribution in [0, 0.1) is 11.8 Å². The van der Waals surface area contributed by atoms with Gasteiger partial charge in [0.15, 0.2) is 9.84 Å². The number of amides is 1. The van der Waals surface area contributed by atoms with E-state index in [1.165, 1.54) is 0 Å². The lowest BCUT2D eigenvalue weighted by molar-refractivity contribution is -0.130. The maximum Gasteiger partial charge on any atom is 0.237 e. The Bertz CT molecular complexity index is 353. The topological polar surface area (TPSA) is 80.5 Å². The van der Waals surface area contributed by atoms with E-state index in [9.17, 15) is 13.2 Å². The lowest BCUT2D eigenvalue weighted by atomic mass is 9.87. The average molecular weight is 248 g/mol. The smallest absolute Gasteiger partial charge is 0.237 e. The zero-order valence-electron chi connectivity index (χ0n) is 9.85. The third-order valence-electron chi connectivity index (χ3n) is 3.16. The first-order valence-corrected chi connectivity index (χ1v) is 7.55. The Morgan fingerprint density at radius 2 is 2.12 bits per heavy atom. The minimum atomic E-state index is -3.23. The summed E-state index contributed by atoms with van der Waals surface area (Å²) < 4.78 is 22.1. The van der Waals surface area contributed by atoms with E-state index in [1.807, 2.05) is 0 Å². The van der Waals surface area contributed by atoms with Crippen LogP contribution in [0.2, 0.25) is 0 Å². The summed E-state index contributed by atoms with van der Waals surface area (Å²) in [4.78, 5) is 13.3. The van der Waals surface area contributed by atoms with Gasteiger partial charge in [0.1, 0.15) is 5.75 Å². The van der Waals surface area contributed by atoms with Crippen molar-refractivity contribution >= 4 is 15.7 Å². The fourth-order valence-corrected chi connectivity index (χ4v) is 2.63. The lowest BCUT2D eigenvalue weighted by Gasteiger charge is -2.36. The van der Waals surface area contributed by atoms with Gasteiger partial charge in [-0.2, -0.15) is 0 Å². The highest BCUT2D eigenvalue weighted by atomic mass is 32.2. The molecule has 0 spiro atoms. The number of nitrogens with two attached hydrogens (primary N) is 1. The highest BCUT2D eigenvalue weighted by Crippen LogP contribution is 2.22. The molecule has 2 N–H and O–H groups in total. The molecule has 0 aromatic heterocycles. The number of nitrogens with zero attached hydrogens (tertiary/aromatic N) is 1. The Morgan fingerprint density at radius 3 is 2.62 bits per heavy atom. The van der Waals surface area contributed by atoms with Gasteiger partial charge >= 0.3 is 0 Å². The van der Waals surface area contributed by atoms with Crippen LogP contribution in [0.1, 0.15) is 13.3 Å². The second kappa shape index (κ2) is 5.14. The third kappa shape index (κ3) is 3.75. The summed E-state index contributed by atoms with van der Waals surface area (Å²) in [6, 6.07) is 0. The van der Waals surface area contributed by atoms with E-state index in [2.05, 4.69) is 6.92 Å². The van der Waals surface area contributed by atoms with Crippen molar-refractivity contribution in [3.05, 3.63) is 0 Å². The van der Waals surface area contributed by atoms with Gasteiger partial charge in [0.05, 0.1) is 0 Å². The quantitative estimate of drug-likeness (QED) is 0.728. The molecular weight excluding hydrogens is 228 g/mol. The third-order valence-corrected chi connectivity index (χ3v) is 3.93. The Morgan fingerprint density at radius 1 is 1.50 bits per heavy atom. The molecule has 0 bridgehead atoms. The highest BCUT2D eigenvalue weighted by molar-refractivity contribution is 7.91. The summed E-state index contributed by atoms with van der Waals surface area (Å²) >= 11 is 0. The van der Waals surface area contributed by atoms with Crippen LogP contribution in [0.5, 0.6) is 0 Å². The van der Waals surface area contributed by atoms with Crippen molar-refractivity contribution in [2.75, 3.05) is 31.6 Å². The largest absolute Gasteiger partial charge is 0.341 e. The predicted octanol–water partition coefficient (Wildman–Crippen LogP) is -0.526. The second-order valence-electron chi connectivity index (χ2n) is 4.67. The molecular formula is C10H20N2O3S. The molecule has 0 aromatic carbocycles. The monoisotopic (exact) mass is 248 g/mol. The van der Waals surface area contributed by atoms with Crippen molar-refractivity contribution in [2.24, 2.45) is 17.6 Å². The van der Waals surface area contributed by atoms with Crippen LogP contribution in [0.4, 0.5) is 0 Å². The zero-order chi connectivity index (χ0) is 12.3. The van der Waals surface area contributed by atoms with Gasteiger partial charge in [-0.15, -0.1) is 0 Å². The molecule has 16 heavy (non-hydrogen) atoms. The van der Waals surface area contributed by atoms with Gasteiger partial charge in [-0.05, 0) is 24.8 Å². The van der Waals surface area contributed by atoms with Gasteiger partial charge in [-0.3, -0.25) is 4.79 Å². The van der Waals surface area contributed by atoms with Crippen LogP contribution in [0.3, 0.4) is 0 Å². The maximum absolute atomic E-state index is 11.7. The van der Waals surface area contributed by atoms with E-state index in [1.54, 1.807) is 4.90 Å². The normalized spacial score (nSPS) is 26.8. The number of rotatable bonds is 3. The van der Waals surface area contributed by atoms with Crippen LogP contribution in [0.25, 0.3) is 0 Å². The number of carbonyl (C=O) groups excluding carboxylic acids is 1. The number of hydrogen-bond acceptors (Lipinski definition) is 4. The number of likely N-dealkylation sites (tertiary alicyclic amines) is 1. The number of piperidine rings is 1. The molecule has 5 nitrogen and oxygen atoms in total. The first-order valence-electron chi connectivity index (χ1n) is 5.49. The SMILES string of the molecule is CC1CCN(C(=O)CS(C)(=O)=O)CC1CN. The highest BCUT2D eigenvalue weighted by Gasteiger charge is 2.28. The summed E-state index contributed by atoms with van der Waals surface area (Å²) in [5, 5.41) is 0. The van der Waals surface area contributed by atoms with Crippen LogP contribution >= 0.6 is 0 Å². The summed E-state index contributed by atoms with van der Waals surface area (Å²) in [7, 11) is -3.23. The summed E-state index contributed by atoms with van der Waals surface area (Å²) in [6.45, 7) is 3.90. The standard InChI is InChI=1S/C10H20N2O3S/c1-8-3-4-12(6-9(8)5-11)10(13)7-16(2,14)15/h8-9H,3-7,11H2,1-2H3.